The number of nitrogens with two attached hydrogens (primary N) is 1. The monoisotopic (exact) mass is 263 g/mol. The largest absolute Gasteiger partial charge is 0.489 e. The topological polar surface area (TPSA) is 35.2 Å². The zero-order valence-corrected chi connectivity index (χ0v) is 11.0. The normalized spacial score (nSPS) is 9.61. The van der Waals surface area contributed by atoms with Gasteiger partial charge < -0.3 is 10.5 Å². The standard InChI is InChI=1S/C15H17NO.ClH/c16-11-10-13-6-8-15(9-7-13)17-12-14-4-2-1-3-5-14;/h1-9H,10-12,16H2;1H. The van der Waals surface area contributed by atoms with Gasteiger partial charge in [0.25, 0.3) is 0 Å². The summed E-state index contributed by atoms with van der Waals surface area (Å²) in [5.74, 6) is 0.898. The van der Waals surface area contributed by atoms with E-state index in [9.17, 15) is 0 Å². The van der Waals surface area contributed by atoms with Crippen LogP contribution in [0.2, 0.25) is 0 Å². The van der Waals surface area contributed by atoms with Crippen molar-refractivity contribution in [2.24, 2.45) is 5.73 Å². The van der Waals surface area contributed by atoms with Crippen LogP contribution in [0.3, 0.4) is 0 Å². The lowest BCUT2D eigenvalue weighted by atomic mass is 10.1. The summed E-state index contributed by atoms with van der Waals surface area (Å²) in [5, 5.41) is 0. The Morgan fingerprint density at radius 3 is 2.11 bits per heavy atom. The molecule has 0 aliphatic heterocycles. The van der Waals surface area contributed by atoms with Crippen LogP contribution in [-0.2, 0) is 13.0 Å². The summed E-state index contributed by atoms with van der Waals surface area (Å²) in [7, 11) is 0. The third kappa shape index (κ3) is 4.40. The maximum Gasteiger partial charge on any atom is 0.119 e. The first-order chi connectivity index (χ1) is 8.38. The van der Waals surface area contributed by atoms with Crippen LogP contribution in [0, 0.1) is 0 Å². The van der Waals surface area contributed by atoms with E-state index in [2.05, 4.69) is 24.3 Å². The Kier molecular flexibility index (Phi) is 6.26. The zero-order valence-electron chi connectivity index (χ0n) is 10.2. The Hall–Kier alpha value is -1.51. The highest BCUT2D eigenvalue weighted by atomic mass is 35.5. The second-order valence-electron chi connectivity index (χ2n) is 3.96. The van der Waals surface area contributed by atoms with Gasteiger partial charge in [-0.25, -0.2) is 0 Å². The van der Waals surface area contributed by atoms with Crippen molar-refractivity contribution in [2.75, 3.05) is 6.54 Å². The fraction of sp³-hybridized carbons (Fsp3) is 0.200. The predicted molar refractivity (Wildman–Crippen MR) is 77.2 cm³/mol. The molecule has 2 aromatic carbocycles. The number of hydrogen-bond acceptors (Lipinski definition) is 2. The summed E-state index contributed by atoms with van der Waals surface area (Å²) in [6.07, 6.45) is 0.916. The van der Waals surface area contributed by atoms with Crippen molar-refractivity contribution < 1.29 is 4.74 Å². The molecule has 3 heteroatoms. The number of halogens is 1. The molecule has 2 aromatic rings. The summed E-state index contributed by atoms with van der Waals surface area (Å²) in [4.78, 5) is 0. The molecule has 0 bridgehead atoms. The molecule has 0 atom stereocenters. The molecule has 0 radical (unpaired) electrons. The van der Waals surface area contributed by atoms with Crippen molar-refractivity contribution in [3.05, 3.63) is 65.7 Å². The van der Waals surface area contributed by atoms with Gasteiger partial charge in [-0.1, -0.05) is 42.5 Å². The van der Waals surface area contributed by atoms with E-state index in [-0.39, 0.29) is 12.4 Å². The van der Waals surface area contributed by atoms with E-state index in [1.165, 1.54) is 11.1 Å². The molecule has 0 amide bonds. The smallest absolute Gasteiger partial charge is 0.119 e. The van der Waals surface area contributed by atoms with Gasteiger partial charge in [0.2, 0.25) is 0 Å². The minimum absolute atomic E-state index is 0. The van der Waals surface area contributed by atoms with Gasteiger partial charge in [-0.15, -0.1) is 12.4 Å². The molecule has 2 N–H and O–H groups in total. The van der Waals surface area contributed by atoms with Crippen LogP contribution in [0.1, 0.15) is 11.1 Å². The maximum absolute atomic E-state index is 5.69. The van der Waals surface area contributed by atoms with E-state index in [1.54, 1.807) is 0 Å². The lowest BCUT2D eigenvalue weighted by Crippen LogP contribution is -2.02. The maximum atomic E-state index is 5.69. The Bertz CT molecular complexity index is 442. The van der Waals surface area contributed by atoms with Gasteiger partial charge in [-0.05, 0) is 36.2 Å². The van der Waals surface area contributed by atoms with Gasteiger partial charge in [0.05, 0.1) is 0 Å². The Morgan fingerprint density at radius 1 is 0.833 bits per heavy atom. The number of hydrogen-bond donors (Lipinski definition) is 1. The number of ether oxygens (including phenoxy) is 1. The highest BCUT2D eigenvalue weighted by Crippen LogP contribution is 2.14. The fourth-order valence-corrected chi connectivity index (χ4v) is 1.66. The minimum atomic E-state index is 0. The van der Waals surface area contributed by atoms with Crippen molar-refractivity contribution >= 4 is 12.4 Å². The molecule has 0 spiro atoms. The van der Waals surface area contributed by atoms with E-state index in [0.717, 1.165) is 12.2 Å². The number of rotatable bonds is 5. The van der Waals surface area contributed by atoms with Crippen molar-refractivity contribution in [3.63, 3.8) is 0 Å². The molecule has 96 valence electrons. The van der Waals surface area contributed by atoms with Crippen molar-refractivity contribution in [1.82, 2.24) is 0 Å². The van der Waals surface area contributed by atoms with E-state index >= 15 is 0 Å². The van der Waals surface area contributed by atoms with Crippen molar-refractivity contribution in [3.8, 4) is 5.75 Å². The lowest BCUT2D eigenvalue weighted by Gasteiger charge is -2.07. The molecule has 2 rings (SSSR count). The molecule has 0 heterocycles. The molecule has 0 saturated heterocycles. The average molecular weight is 264 g/mol. The zero-order chi connectivity index (χ0) is 11.9. The van der Waals surface area contributed by atoms with Gasteiger partial charge in [-0.2, -0.15) is 0 Å². The molecule has 0 saturated carbocycles. The van der Waals surface area contributed by atoms with Gasteiger partial charge in [0.1, 0.15) is 12.4 Å². The molecule has 0 aromatic heterocycles. The van der Waals surface area contributed by atoms with Crippen molar-refractivity contribution in [1.29, 1.82) is 0 Å². The quantitative estimate of drug-likeness (QED) is 0.899. The predicted octanol–water partition coefficient (Wildman–Crippen LogP) is 3.19. The van der Waals surface area contributed by atoms with Crippen LogP contribution >= 0.6 is 12.4 Å². The van der Waals surface area contributed by atoms with Crippen LogP contribution in [-0.4, -0.2) is 6.54 Å². The van der Waals surface area contributed by atoms with E-state index in [4.69, 9.17) is 10.5 Å². The second kappa shape index (κ2) is 7.75. The summed E-state index contributed by atoms with van der Waals surface area (Å²) in [6.45, 7) is 1.29. The summed E-state index contributed by atoms with van der Waals surface area (Å²) in [5.41, 5.74) is 7.93. The first-order valence-corrected chi connectivity index (χ1v) is 5.84. The second-order valence-corrected chi connectivity index (χ2v) is 3.96. The molecule has 18 heavy (non-hydrogen) atoms. The minimum Gasteiger partial charge on any atom is -0.489 e. The summed E-state index contributed by atoms with van der Waals surface area (Å²) < 4.78 is 5.69. The van der Waals surface area contributed by atoms with Gasteiger partial charge >= 0.3 is 0 Å². The first kappa shape index (κ1) is 14.6. The molecule has 0 aliphatic carbocycles. The summed E-state index contributed by atoms with van der Waals surface area (Å²) in [6, 6.07) is 18.3. The van der Waals surface area contributed by atoms with Crippen LogP contribution in [0.15, 0.2) is 54.6 Å². The van der Waals surface area contributed by atoms with E-state index < -0.39 is 0 Å². The highest BCUT2D eigenvalue weighted by Gasteiger charge is 1.96. The Labute approximate surface area is 114 Å². The van der Waals surface area contributed by atoms with Gasteiger partial charge in [0.15, 0.2) is 0 Å². The molecule has 0 aliphatic rings. The first-order valence-electron chi connectivity index (χ1n) is 5.84. The van der Waals surface area contributed by atoms with Gasteiger partial charge in [0, 0.05) is 0 Å². The molecule has 2 nitrogen and oxygen atoms in total. The summed E-state index contributed by atoms with van der Waals surface area (Å²) >= 11 is 0. The average Bonchev–Trinajstić information content (AvgIpc) is 2.40. The van der Waals surface area contributed by atoms with Crippen LogP contribution in [0.5, 0.6) is 5.75 Å². The van der Waals surface area contributed by atoms with E-state index in [0.29, 0.717) is 13.2 Å². The lowest BCUT2D eigenvalue weighted by molar-refractivity contribution is 0.306. The van der Waals surface area contributed by atoms with Crippen molar-refractivity contribution in [2.45, 2.75) is 13.0 Å². The molecular weight excluding hydrogens is 246 g/mol. The van der Waals surface area contributed by atoms with Crippen LogP contribution in [0.4, 0.5) is 0 Å². The van der Waals surface area contributed by atoms with Crippen LogP contribution < -0.4 is 10.5 Å². The SMILES string of the molecule is Cl.NCCc1ccc(OCc2ccccc2)cc1. The van der Waals surface area contributed by atoms with Crippen LogP contribution in [0.25, 0.3) is 0 Å². The fourth-order valence-electron chi connectivity index (χ4n) is 1.66. The Balaban J connectivity index is 0.00000162. The number of benzene rings is 2. The third-order valence-electron chi connectivity index (χ3n) is 2.60. The van der Waals surface area contributed by atoms with Gasteiger partial charge in [-0.3, -0.25) is 0 Å². The molecule has 0 unspecified atom stereocenters. The molecule has 0 fully saturated rings. The highest BCUT2D eigenvalue weighted by molar-refractivity contribution is 5.85. The van der Waals surface area contributed by atoms with E-state index in [1.807, 2.05) is 30.3 Å². The third-order valence-corrected chi connectivity index (χ3v) is 2.60. The molecular formula is C15H18ClNO. The Morgan fingerprint density at radius 2 is 1.50 bits per heavy atom.